The van der Waals surface area contributed by atoms with Crippen molar-refractivity contribution in [3.63, 3.8) is 0 Å². The highest BCUT2D eigenvalue weighted by Crippen LogP contribution is 2.35. The van der Waals surface area contributed by atoms with E-state index in [-0.39, 0.29) is 28.6 Å². The second-order valence-electron chi connectivity index (χ2n) is 6.17. The van der Waals surface area contributed by atoms with Gasteiger partial charge in [0.15, 0.2) is 11.5 Å². The SMILES string of the molecule is O=C(c1cccc(Cl)c1)c1c(-c2ccc(O)cc2)noc1-c1ccc(O)cc1. The molecule has 0 aliphatic heterocycles. The summed E-state index contributed by atoms with van der Waals surface area (Å²) in [4.78, 5) is 13.3. The van der Waals surface area contributed by atoms with Gasteiger partial charge in [-0.1, -0.05) is 28.9 Å². The average Bonchev–Trinajstić information content (AvgIpc) is 3.13. The molecule has 4 aromatic rings. The summed E-state index contributed by atoms with van der Waals surface area (Å²) in [6.07, 6.45) is 0. The minimum atomic E-state index is -0.296. The van der Waals surface area contributed by atoms with Crippen LogP contribution in [0.1, 0.15) is 15.9 Å². The molecule has 1 heterocycles. The number of carbonyl (C=O) groups excluding carboxylic acids is 1. The molecule has 28 heavy (non-hydrogen) atoms. The molecule has 0 bridgehead atoms. The Morgan fingerprint density at radius 2 is 1.46 bits per heavy atom. The van der Waals surface area contributed by atoms with Crippen LogP contribution < -0.4 is 0 Å². The second-order valence-corrected chi connectivity index (χ2v) is 6.60. The molecule has 6 heteroatoms. The van der Waals surface area contributed by atoms with E-state index in [1.165, 1.54) is 24.3 Å². The van der Waals surface area contributed by atoms with Gasteiger partial charge in [-0.25, -0.2) is 0 Å². The molecule has 0 aliphatic rings. The zero-order chi connectivity index (χ0) is 19.7. The van der Waals surface area contributed by atoms with Crippen molar-refractivity contribution in [1.82, 2.24) is 5.16 Å². The normalized spacial score (nSPS) is 10.8. The highest BCUT2D eigenvalue weighted by molar-refractivity contribution is 6.31. The Balaban J connectivity index is 1.91. The average molecular weight is 392 g/mol. The molecular formula is C22H14ClNO4. The van der Waals surface area contributed by atoms with Gasteiger partial charge in [0.05, 0.1) is 5.56 Å². The lowest BCUT2D eigenvalue weighted by Crippen LogP contribution is -2.04. The van der Waals surface area contributed by atoms with E-state index in [4.69, 9.17) is 16.1 Å². The molecule has 0 amide bonds. The van der Waals surface area contributed by atoms with E-state index < -0.39 is 0 Å². The van der Waals surface area contributed by atoms with E-state index in [0.717, 1.165) is 0 Å². The fourth-order valence-electron chi connectivity index (χ4n) is 2.90. The first-order valence-electron chi connectivity index (χ1n) is 8.41. The number of benzene rings is 3. The Morgan fingerprint density at radius 1 is 0.857 bits per heavy atom. The smallest absolute Gasteiger partial charge is 0.199 e. The van der Waals surface area contributed by atoms with Crippen molar-refractivity contribution in [2.45, 2.75) is 0 Å². The third-order valence-corrected chi connectivity index (χ3v) is 4.51. The maximum Gasteiger partial charge on any atom is 0.199 e. The standard InChI is InChI=1S/C22H14ClNO4/c23-16-3-1-2-15(12-16)21(27)19-20(13-4-8-17(25)9-5-13)24-28-22(19)14-6-10-18(26)11-7-14/h1-12,25-26H. The number of hydrogen-bond acceptors (Lipinski definition) is 5. The summed E-state index contributed by atoms with van der Waals surface area (Å²) in [5.74, 6) is 0.196. The number of aromatic nitrogens is 1. The first kappa shape index (κ1) is 17.8. The molecule has 4 rings (SSSR count). The van der Waals surface area contributed by atoms with Crippen LogP contribution in [-0.4, -0.2) is 21.2 Å². The van der Waals surface area contributed by atoms with Gasteiger partial charge in [-0.3, -0.25) is 4.79 Å². The van der Waals surface area contributed by atoms with Gasteiger partial charge in [0.25, 0.3) is 0 Å². The Kier molecular flexibility index (Phi) is 4.59. The summed E-state index contributed by atoms with van der Waals surface area (Å²) >= 11 is 6.05. The number of hydrogen-bond donors (Lipinski definition) is 2. The zero-order valence-corrected chi connectivity index (χ0v) is 15.2. The quantitative estimate of drug-likeness (QED) is 0.461. The van der Waals surface area contributed by atoms with Crippen molar-refractivity contribution in [2.75, 3.05) is 0 Å². The van der Waals surface area contributed by atoms with E-state index in [2.05, 4.69) is 5.16 Å². The van der Waals surface area contributed by atoms with Gasteiger partial charge in [-0.05, 0) is 60.7 Å². The molecule has 3 aromatic carbocycles. The summed E-state index contributed by atoms with van der Waals surface area (Å²) in [6, 6.07) is 19.3. The lowest BCUT2D eigenvalue weighted by molar-refractivity contribution is 0.103. The lowest BCUT2D eigenvalue weighted by Gasteiger charge is -2.05. The minimum absolute atomic E-state index is 0.102. The predicted octanol–water partition coefficient (Wildman–Crippen LogP) is 5.30. The maximum atomic E-state index is 13.3. The van der Waals surface area contributed by atoms with Gasteiger partial charge in [0.1, 0.15) is 17.2 Å². The van der Waals surface area contributed by atoms with Crippen LogP contribution in [0.15, 0.2) is 77.3 Å². The number of ketones is 1. The molecular weight excluding hydrogens is 378 g/mol. The van der Waals surface area contributed by atoms with Crippen LogP contribution in [0, 0.1) is 0 Å². The third-order valence-electron chi connectivity index (χ3n) is 4.28. The molecule has 1 aromatic heterocycles. The van der Waals surface area contributed by atoms with Crippen molar-refractivity contribution in [2.24, 2.45) is 0 Å². The lowest BCUT2D eigenvalue weighted by atomic mass is 9.95. The molecule has 0 unspecified atom stereocenters. The van der Waals surface area contributed by atoms with Crippen LogP contribution in [0.3, 0.4) is 0 Å². The zero-order valence-electron chi connectivity index (χ0n) is 14.5. The molecule has 0 atom stereocenters. The van der Waals surface area contributed by atoms with Gasteiger partial charge >= 0.3 is 0 Å². The number of carbonyl (C=O) groups is 1. The van der Waals surface area contributed by atoms with E-state index in [0.29, 0.717) is 27.4 Å². The van der Waals surface area contributed by atoms with Gasteiger partial charge in [-0.15, -0.1) is 0 Å². The minimum Gasteiger partial charge on any atom is -0.508 e. The van der Waals surface area contributed by atoms with Crippen molar-refractivity contribution < 1.29 is 19.5 Å². The number of phenolic OH excluding ortho intramolecular Hbond substituents is 2. The molecule has 0 radical (unpaired) electrons. The van der Waals surface area contributed by atoms with Crippen LogP contribution >= 0.6 is 11.6 Å². The molecule has 0 saturated heterocycles. The summed E-state index contributed by atoms with van der Waals surface area (Å²) in [6.45, 7) is 0. The van der Waals surface area contributed by atoms with Crippen LogP contribution in [0.2, 0.25) is 5.02 Å². The molecule has 0 spiro atoms. The van der Waals surface area contributed by atoms with E-state index >= 15 is 0 Å². The largest absolute Gasteiger partial charge is 0.508 e. The Bertz CT molecular complexity index is 1090. The van der Waals surface area contributed by atoms with Gasteiger partial charge in [0.2, 0.25) is 0 Å². The van der Waals surface area contributed by atoms with E-state index in [1.807, 2.05) is 0 Å². The predicted molar refractivity (Wildman–Crippen MR) is 106 cm³/mol. The summed E-state index contributed by atoms with van der Waals surface area (Å²) in [5, 5.41) is 23.7. The first-order chi connectivity index (χ1) is 13.5. The fraction of sp³-hybridized carbons (Fsp3) is 0. The van der Waals surface area contributed by atoms with Gasteiger partial charge in [-0.2, -0.15) is 0 Å². The highest BCUT2D eigenvalue weighted by Gasteiger charge is 2.26. The summed E-state index contributed by atoms with van der Waals surface area (Å²) in [5.41, 5.74) is 2.25. The molecule has 5 nitrogen and oxygen atoms in total. The van der Waals surface area contributed by atoms with Crippen LogP contribution in [0.25, 0.3) is 22.6 Å². The Hall–Kier alpha value is -3.57. The molecule has 0 aliphatic carbocycles. The van der Waals surface area contributed by atoms with Gasteiger partial charge < -0.3 is 14.7 Å². The summed E-state index contributed by atoms with van der Waals surface area (Å²) < 4.78 is 5.53. The molecule has 138 valence electrons. The number of aromatic hydroxyl groups is 2. The van der Waals surface area contributed by atoms with E-state index in [9.17, 15) is 15.0 Å². The number of nitrogens with zero attached hydrogens (tertiary/aromatic N) is 1. The number of halogens is 1. The summed E-state index contributed by atoms with van der Waals surface area (Å²) in [7, 11) is 0. The molecule has 2 N–H and O–H groups in total. The second kappa shape index (κ2) is 7.21. The van der Waals surface area contributed by atoms with Crippen molar-refractivity contribution in [3.8, 4) is 34.1 Å². The van der Waals surface area contributed by atoms with Crippen LogP contribution in [0.4, 0.5) is 0 Å². The van der Waals surface area contributed by atoms with Crippen LogP contribution in [-0.2, 0) is 0 Å². The van der Waals surface area contributed by atoms with Crippen LogP contribution in [0.5, 0.6) is 11.5 Å². The maximum absolute atomic E-state index is 13.3. The van der Waals surface area contributed by atoms with Crippen molar-refractivity contribution in [1.29, 1.82) is 0 Å². The molecule has 0 fully saturated rings. The van der Waals surface area contributed by atoms with Crippen molar-refractivity contribution in [3.05, 3.63) is 88.9 Å². The first-order valence-corrected chi connectivity index (χ1v) is 8.79. The van der Waals surface area contributed by atoms with E-state index in [1.54, 1.807) is 48.5 Å². The molecule has 0 saturated carbocycles. The monoisotopic (exact) mass is 391 g/mol. The van der Waals surface area contributed by atoms with Gasteiger partial charge in [0, 0.05) is 21.7 Å². The van der Waals surface area contributed by atoms with Crippen molar-refractivity contribution >= 4 is 17.4 Å². The Labute approximate surface area is 165 Å². The topological polar surface area (TPSA) is 83.6 Å². The number of rotatable bonds is 4. The fourth-order valence-corrected chi connectivity index (χ4v) is 3.09. The Morgan fingerprint density at radius 3 is 2.07 bits per heavy atom. The third kappa shape index (κ3) is 3.35. The number of phenols is 2. The highest BCUT2D eigenvalue weighted by atomic mass is 35.5.